The van der Waals surface area contributed by atoms with E-state index in [2.05, 4.69) is 15.5 Å². The third-order valence-electron chi connectivity index (χ3n) is 5.74. The number of halogens is 3. The third kappa shape index (κ3) is 3.52. The fourth-order valence-electron chi connectivity index (χ4n) is 4.13. The van der Waals surface area contributed by atoms with Gasteiger partial charge in [0, 0.05) is 18.8 Å². The fourth-order valence-corrected chi connectivity index (χ4v) is 4.13. The summed E-state index contributed by atoms with van der Waals surface area (Å²) in [6, 6.07) is 12.9. The zero-order chi connectivity index (χ0) is 19.8. The first-order valence-corrected chi connectivity index (χ1v) is 9.40. The van der Waals surface area contributed by atoms with Gasteiger partial charge in [0.2, 0.25) is 5.91 Å². The molecular formula is C21H22F3N3O. The van der Waals surface area contributed by atoms with E-state index in [1.54, 1.807) is 0 Å². The van der Waals surface area contributed by atoms with Crippen LogP contribution in [0.3, 0.4) is 0 Å². The molecule has 1 fully saturated rings. The van der Waals surface area contributed by atoms with E-state index < -0.39 is 17.3 Å². The number of alkyl halides is 3. The van der Waals surface area contributed by atoms with Crippen LogP contribution in [-0.2, 0) is 24.1 Å². The number of rotatable bonds is 2. The average molecular weight is 389 g/mol. The van der Waals surface area contributed by atoms with Gasteiger partial charge in [0.05, 0.1) is 5.56 Å². The number of carbonyl (C=O) groups is 1. The minimum Gasteiger partial charge on any atom is -0.324 e. The molecule has 0 atom stereocenters. The van der Waals surface area contributed by atoms with E-state index in [9.17, 15) is 18.0 Å². The molecule has 2 N–H and O–H groups in total. The van der Waals surface area contributed by atoms with Crippen molar-refractivity contribution in [2.24, 2.45) is 0 Å². The van der Waals surface area contributed by atoms with Gasteiger partial charge in [0.25, 0.3) is 0 Å². The molecule has 28 heavy (non-hydrogen) atoms. The van der Waals surface area contributed by atoms with Gasteiger partial charge in [0.15, 0.2) is 0 Å². The summed E-state index contributed by atoms with van der Waals surface area (Å²) < 4.78 is 38.6. The van der Waals surface area contributed by atoms with E-state index in [1.807, 2.05) is 24.3 Å². The molecule has 2 heterocycles. The first-order chi connectivity index (χ1) is 13.4. The van der Waals surface area contributed by atoms with Crippen molar-refractivity contribution in [3.8, 4) is 0 Å². The first-order valence-electron chi connectivity index (χ1n) is 9.40. The second-order valence-electron chi connectivity index (χ2n) is 7.44. The Bertz CT molecular complexity index is 858. The van der Waals surface area contributed by atoms with E-state index in [-0.39, 0.29) is 5.91 Å². The molecule has 0 radical (unpaired) electrons. The van der Waals surface area contributed by atoms with E-state index in [0.717, 1.165) is 42.0 Å². The predicted molar refractivity (Wildman–Crippen MR) is 101 cm³/mol. The Morgan fingerprint density at radius 2 is 1.68 bits per heavy atom. The number of nitrogens with zero attached hydrogens (tertiary/aromatic N) is 1. The lowest BCUT2D eigenvalue weighted by atomic mass is 9.85. The second kappa shape index (κ2) is 7.22. The summed E-state index contributed by atoms with van der Waals surface area (Å²) >= 11 is 0. The highest BCUT2D eigenvalue weighted by atomic mass is 19.4. The van der Waals surface area contributed by atoms with Gasteiger partial charge in [0.1, 0.15) is 5.54 Å². The van der Waals surface area contributed by atoms with E-state index in [0.29, 0.717) is 25.9 Å². The van der Waals surface area contributed by atoms with Crippen LogP contribution in [0.2, 0.25) is 0 Å². The zero-order valence-electron chi connectivity index (χ0n) is 15.4. The van der Waals surface area contributed by atoms with Crippen molar-refractivity contribution in [3.63, 3.8) is 0 Å². The molecule has 1 spiro atoms. The molecule has 0 saturated carbocycles. The predicted octanol–water partition coefficient (Wildman–Crippen LogP) is 3.78. The number of hydrogen-bond donors (Lipinski definition) is 2. The normalized spacial score (nSPS) is 19.8. The highest BCUT2D eigenvalue weighted by Gasteiger charge is 2.46. The van der Waals surface area contributed by atoms with Crippen LogP contribution in [-0.4, -0.2) is 29.4 Å². The number of carbonyl (C=O) groups excluding carboxylic acids is 1. The highest BCUT2D eigenvalue weighted by molar-refractivity contribution is 5.99. The largest absolute Gasteiger partial charge is 0.416 e. The Hall–Kier alpha value is -2.38. The Morgan fingerprint density at radius 1 is 1.00 bits per heavy atom. The maximum absolute atomic E-state index is 13.2. The summed E-state index contributed by atoms with van der Waals surface area (Å²) in [6.07, 6.45) is -3.03. The summed E-state index contributed by atoms with van der Waals surface area (Å²) in [5.41, 5.74) is 1.25. The summed E-state index contributed by atoms with van der Waals surface area (Å²) in [5, 5.41) is 6.37. The number of para-hydroxylation sites is 1. The minimum absolute atomic E-state index is 0.0362. The van der Waals surface area contributed by atoms with Crippen molar-refractivity contribution >= 4 is 11.6 Å². The summed E-state index contributed by atoms with van der Waals surface area (Å²) in [6.45, 7) is 2.44. The van der Waals surface area contributed by atoms with Crippen LogP contribution in [0.25, 0.3) is 0 Å². The lowest BCUT2D eigenvalue weighted by molar-refractivity contribution is -0.137. The molecule has 1 amide bonds. The maximum Gasteiger partial charge on any atom is 0.416 e. The molecule has 4 rings (SSSR count). The number of nitrogens with one attached hydrogen (secondary N) is 2. The molecule has 2 aliphatic rings. The SMILES string of the molecule is O=C1Nc2ccccc2CN(Cc2ccc(C(F)(F)F)cc2)C12CCNCC2. The Morgan fingerprint density at radius 3 is 2.36 bits per heavy atom. The fraction of sp³-hybridized carbons (Fsp3) is 0.381. The minimum atomic E-state index is -4.35. The van der Waals surface area contributed by atoms with Crippen molar-refractivity contribution in [3.05, 3.63) is 65.2 Å². The summed E-state index contributed by atoms with van der Waals surface area (Å²) in [4.78, 5) is 15.3. The second-order valence-corrected chi connectivity index (χ2v) is 7.44. The van der Waals surface area contributed by atoms with Crippen LogP contribution in [0.15, 0.2) is 48.5 Å². The van der Waals surface area contributed by atoms with Crippen molar-refractivity contribution in [1.29, 1.82) is 0 Å². The van der Waals surface area contributed by atoms with E-state index in [4.69, 9.17) is 0 Å². The molecule has 2 aromatic rings. The topological polar surface area (TPSA) is 44.4 Å². The number of amides is 1. The first kappa shape index (κ1) is 19.0. The number of benzene rings is 2. The lowest BCUT2D eigenvalue weighted by Crippen LogP contribution is -2.59. The van der Waals surface area contributed by atoms with Crippen LogP contribution in [0, 0.1) is 0 Å². The van der Waals surface area contributed by atoms with Gasteiger partial charge in [-0.15, -0.1) is 0 Å². The van der Waals surface area contributed by atoms with Crippen LogP contribution in [0.4, 0.5) is 18.9 Å². The summed E-state index contributed by atoms with van der Waals surface area (Å²) in [5.74, 6) is -0.0362. The number of piperidine rings is 1. The van der Waals surface area contributed by atoms with Crippen molar-refractivity contribution < 1.29 is 18.0 Å². The monoisotopic (exact) mass is 389 g/mol. The van der Waals surface area contributed by atoms with Gasteiger partial charge in [-0.2, -0.15) is 13.2 Å². The molecule has 148 valence electrons. The van der Waals surface area contributed by atoms with Crippen molar-refractivity contribution in [2.75, 3.05) is 18.4 Å². The number of anilines is 1. The number of fused-ring (bicyclic) bond motifs is 1. The average Bonchev–Trinajstić information content (AvgIpc) is 2.78. The van der Waals surface area contributed by atoms with Gasteiger partial charge in [-0.25, -0.2) is 0 Å². The molecule has 0 aromatic heterocycles. The number of hydrogen-bond acceptors (Lipinski definition) is 3. The molecule has 1 saturated heterocycles. The standard InChI is InChI=1S/C21H22F3N3O/c22-21(23,24)17-7-5-15(6-8-17)13-27-14-16-3-1-2-4-18(16)26-19(28)20(27)9-11-25-12-10-20/h1-8,25H,9-14H2,(H,26,28). The van der Waals surface area contributed by atoms with Gasteiger partial charge in [-0.1, -0.05) is 30.3 Å². The van der Waals surface area contributed by atoms with Gasteiger partial charge in [-0.05, 0) is 55.3 Å². The van der Waals surface area contributed by atoms with Crippen molar-refractivity contribution in [2.45, 2.75) is 37.6 Å². The molecule has 2 aliphatic heterocycles. The van der Waals surface area contributed by atoms with E-state index >= 15 is 0 Å². The molecule has 2 aromatic carbocycles. The van der Waals surface area contributed by atoms with Gasteiger partial charge in [-0.3, -0.25) is 9.69 Å². The maximum atomic E-state index is 13.2. The molecule has 4 nitrogen and oxygen atoms in total. The van der Waals surface area contributed by atoms with Crippen LogP contribution in [0.5, 0.6) is 0 Å². The Kier molecular flexibility index (Phi) is 4.89. The molecule has 0 unspecified atom stereocenters. The zero-order valence-corrected chi connectivity index (χ0v) is 15.4. The van der Waals surface area contributed by atoms with Gasteiger partial charge < -0.3 is 10.6 Å². The summed E-state index contributed by atoms with van der Waals surface area (Å²) in [7, 11) is 0. The van der Waals surface area contributed by atoms with Crippen molar-refractivity contribution in [1.82, 2.24) is 10.2 Å². The molecule has 7 heteroatoms. The Balaban J connectivity index is 1.67. The highest BCUT2D eigenvalue weighted by Crippen LogP contribution is 2.36. The quantitative estimate of drug-likeness (QED) is 0.822. The molecule has 0 aliphatic carbocycles. The van der Waals surface area contributed by atoms with Crippen LogP contribution in [0.1, 0.15) is 29.5 Å². The Labute approximate surface area is 161 Å². The smallest absolute Gasteiger partial charge is 0.324 e. The van der Waals surface area contributed by atoms with E-state index in [1.165, 1.54) is 12.1 Å². The van der Waals surface area contributed by atoms with Crippen LogP contribution < -0.4 is 10.6 Å². The molecular weight excluding hydrogens is 367 g/mol. The van der Waals surface area contributed by atoms with Crippen LogP contribution >= 0.6 is 0 Å². The van der Waals surface area contributed by atoms with Gasteiger partial charge >= 0.3 is 6.18 Å². The molecule has 0 bridgehead atoms. The lowest BCUT2D eigenvalue weighted by Gasteiger charge is -2.44. The third-order valence-corrected chi connectivity index (χ3v) is 5.74.